The molecule has 9 heteroatoms. The number of urea groups is 1. The average molecular weight is 459 g/mol. The molecule has 174 valence electrons. The van der Waals surface area contributed by atoms with Gasteiger partial charge in [0.25, 0.3) is 5.91 Å². The number of nitrogens with zero attached hydrogens (tertiary/aromatic N) is 5. The molecular formula is C25H26N6O3. The van der Waals surface area contributed by atoms with Crippen molar-refractivity contribution in [3.8, 4) is 5.75 Å². The highest BCUT2D eigenvalue weighted by molar-refractivity contribution is 5.93. The van der Waals surface area contributed by atoms with Crippen molar-refractivity contribution in [2.75, 3.05) is 26.7 Å². The maximum atomic E-state index is 13.2. The molecule has 2 aliphatic rings. The molecule has 1 spiro atoms. The molecule has 3 aromatic rings. The lowest BCUT2D eigenvalue weighted by molar-refractivity contribution is 0.00586. The number of piperidine rings is 1. The summed E-state index contributed by atoms with van der Waals surface area (Å²) in [6.07, 6.45) is 9.12. The Bertz CT molecular complexity index is 1170. The second kappa shape index (κ2) is 9.09. The molecule has 0 aliphatic carbocycles. The Morgan fingerprint density at radius 1 is 1.06 bits per heavy atom. The van der Waals surface area contributed by atoms with Crippen molar-refractivity contribution in [2.24, 2.45) is 0 Å². The van der Waals surface area contributed by atoms with Crippen LogP contribution in [0.15, 0.2) is 67.5 Å². The largest absolute Gasteiger partial charge is 0.485 e. The number of likely N-dealkylation sites (tertiary alicyclic amines) is 1. The molecule has 0 radical (unpaired) electrons. The van der Waals surface area contributed by atoms with E-state index >= 15 is 0 Å². The summed E-state index contributed by atoms with van der Waals surface area (Å²) in [5.41, 5.74) is 1.64. The van der Waals surface area contributed by atoms with Gasteiger partial charge in [-0.25, -0.2) is 14.8 Å². The molecule has 2 aromatic heterocycles. The van der Waals surface area contributed by atoms with Gasteiger partial charge < -0.3 is 19.9 Å². The first-order valence-corrected chi connectivity index (χ1v) is 11.3. The van der Waals surface area contributed by atoms with E-state index in [1.54, 1.807) is 29.2 Å². The first-order valence-electron chi connectivity index (χ1n) is 11.3. The van der Waals surface area contributed by atoms with Crippen LogP contribution in [-0.2, 0) is 0 Å². The van der Waals surface area contributed by atoms with Gasteiger partial charge >= 0.3 is 6.03 Å². The molecule has 1 atom stereocenters. The van der Waals surface area contributed by atoms with E-state index in [2.05, 4.69) is 20.3 Å². The number of ether oxygens (including phenoxy) is 1. The Morgan fingerprint density at radius 2 is 1.82 bits per heavy atom. The van der Waals surface area contributed by atoms with Gasteiger partial charge in [-0.05, 0) is 17.7 Å². The van der Waals surface area contributed by atoms with Gasteiger partial charge in [-0.2, -0.15) is 0 Å². The lowest BCUT2D eigenvalue weighted by Crippen LogP contribution is -2.56. The molecule has 1 saturated heterocycles. The molecule has 5 rings (SSSR count). The number of amides is 3. The van der Waals surface area contributed by atoms with Crippen LogP contribution in [0.25, 0.3) is 0 Å². The molecule has 2 aliphatic heterocycles. The summed E-state index contributed by atoms with van der Waals surface area (Å²) in [5.74, 6) is 0.635. The summed E-state index contributed by atoms with van der Waals surface area (Å²) >= 11 is 0. The summed E-state index contributed by atoms with van der Waals surface area (Å²) in [5, 5.41) is 3.06. The highest BCUT2D eigenvalue weighted by atomic mass is 16.5. The number of para-hydroxylation sites is 1. The van der Waals surface area contributed by atoms with Crippen LogP contribution in [0.5, 0.6) is 5.75 Å². The van der Waals surface area contributed by atoms with Gasteiger partial charge in [0.2, 0.25) is 0 Å². The first-order chi connectivity index (χ1) is 16.6. The van der Waals surface area contributed by atoms with Crippen LogP contribution in [0.3, 0.4) is 0 Å². The third-order valence-electron chi connectivity index (χ3n) is 6.58. The summed E-state index contributed by atoms with van der Waals surface area (Å²) in [6, 6.07) is 11.1. The van der Waals surface area contributed by atoms with E-state index in [0.717, 1.165) is 16.9 Å². The minimum absolute atomic E-state index is 0.0978. The quantitative estimate of drug-likeness (QED) is 0.634. The van der Waals surface area contributed by atoms with E-state index in [0.29, 0.717) is 38.0 Å². The van der Waals surface area contributed by atoms with Crippen LogP contribution < -0.4 is 10.1 Å². The van der Waals surface area contributed by atoms with Crippen LogP contribution in [-0.4, -0.2) is 69.0 Å². The molecule has 4 heterocycles. The van der Waals surface area contributed by atoms with Crippen LogP contribution >= 0.6 is 0 Å². The molecule has 0 bridgehead atoms. The van der Waals surface area contributed by atoms with Gasteiger partial charge in [-0.3, -0.25) is 9.78 Å². The van der Waals surface area contributed by atoms with E-state index in [9.17, 15) is 9.59 Å². The number of carbonyl (C=O) groups is 2. The van der Waals surface area contributed by atoms with Gasteiger partial charge in [0, 0.05) is 63.3 Å². The zero-order chi connectivity index (χ0) is 23.5. The van der Waals surface area contributed by atoms with Crippen LogP contribution in [0, 0.1) is 0 Å². The lowest BCUT2D eigenvalue weighted by Gasteiger charge is -2.42. The highest BCUT2D eigenvalue weighted by Gasteiger charge is 2.41. The first kappa shape index (κ1) is 21.8. The van der Waals surface area contributed by atoms with Crippen molar-refractivity contribution in [3.05, 3.63) is 84.2 Å². The molecule has 1 fully saturated rings. The van der Waals surface area contributed by atoms with Gasteiger partial charge in [-0.15, -0.1) is 0 Å². The number of benzene rings is 1. The van der Waals surface area contributed by atoms with Gasteiger partial charge in [0.15, 0.2) is 0 Å². The van der Waals surface area contributed by atoms with E-state index in [1.165, 1.54) is 18.7 Å². The number of nitrogens with one attached hydrogen (secondary N) is 1. The summed E-state index contributed by atoms with van der Waals surface area (Å²) in [7, 11) is 1.78. The Kier molecular flexibility index (Phi) is 5.83. The summed E-state index contributed by atoms with van der Waals surface area (Å²) < 4.78 is 6.70. The topological polar surface area (TPSA) is 101 Å². The SMILES string of the molecule is CN1C(=O)NCC2(CCN(C(=O)c3cncnc3)CC2)Oc2ccccc2[C@@H]1c1cccnc1. The maximum Gasteiger partial charge on any atom is 0.318 e. The minimum Gasteiger partial charge on any atom is -0.485 e. The van der Waals surface area contributed by atoms with Crippen molar-refractivity contribution in [3.63, 3.8) is 0 Å². The Labute approximate surface area is 197 Å². The molecule has 3 amide bonds. The second-order valence-electron chi connectivity index (χ2n) is 8.70. The normalized spacial score (nSPS) is 19.8. The fourth-order valence-electron chi connectivity index (χ4n) is 4.69. The monoisotopic (exact) mass is 458 g/mol. The van der Waals surface area contributed by atoms with Gasteiger partial charge in [-0.1, -0.05) is 24.3 Å². The maximum absolute atomic E-state index is 13.2. The fraction of sp³-hybridized carbons (Fsp3) is 0.320. The van der Waals surface area contributed by atoms with Crippen LogP contribution in [0.2, 0.25) is 0 Å². The number of fused-ring (bicyclic) bond motifs is 1. The number of hydrogen-bond acceptors (Lipinski definition) is 6. The van der Waals surface area contributed by atoms with Crippen molar-refractivity contribution in [1.29, 1.82) is 0 Å². The van der Waals surface area contributed by atoms with Gasteiger partial charge in [0.05, 0.1) is 18.2 Å². The predicted molar refractivity (Wildman–Crippen MR) is 124 cm³/mol. The number of aromatic nitrogens is 3. The molecule has 0 unspecified atom stereocenters. The molecule has 1 N–H and O–H groups in total. The van der Waals surface area contributed by atoms with E-state index in [4.69, 9.17) is 4.74 Å². The third-order valence-corrected chi connectivity index (χ3v) is 6.58. The molecule has 0 saturated carbocycles. The van der Waals surface area contributed by atoms with E-state index in [-0.39, 0.29) is 18.0 Å². The van der Waals surface area contributed by atoms with Crippen molar-refractivity contribution >= 4 is 11.9 Å². The average Bonchev–Trinajstić information content (AvgIpc) is 2.93. The van der Waals surface area contributed by atoms with Gasteiger partial charge in [0.1, 0.15) is 17.7 Å². The number of rotatable bonds is 2. The minimum atomic E-state index is -0.625. The second-order valence-corrected chi connectivity index (χ2v) is 8.70. The Hall–Kier alpha value is -4.01. The Morgan fingerprint density at radius 3 is 2.56 bits per heavy atom. The fourth-order valence-corrected chi connectivity index (χ4v) is 4.69. The smallest absolute Gasteiger partial charge is 0.318 e. The standard InChI is InChI=1S/C25H26N6O3/c1-30-22(18-5-4-10-26-13-18)20-6-2-3-7-21(20)34-25(16-29-24(30)33)8-11-31(12-9-25)23(32)19-14-27-17-28-15-19/h2-7,10,13-15,17,22H,8-9,11-12,16H2,1H3,(H,29,33)/t22-/m0/s1. The van der Waals surface area contributed by atoms with E-state index < -0.39 is 5.60 Å². The zero-order valence-corrected chi connectivity index (χ0v) is 18.9. The molecule has 1 aromatic carbocycles. The molecule has 9 nitrogen and oxygen atoms in total. The third kappa shape index (κ3) is 4.16. The van der Waals surface area contributed by atoms with Crippen molar-refractivity contribution < 1.29 is 14.3 Å². The summed E-state index contributed by atoms with van der Waals surface area (Å²) in [4.78, 5) is 41.7. The molecule has 34 heavy (non-hydrogen) atoms. The number of carbonyl (C=O) groups excluding carboxylic acids is 2. The zero-order valence-electron chi connectivity index (χ0n) is 18.9. The lowest BCUT2D eigenvalue weighted by atomic mass is 9.90. The van der Waals surface area contributed by atoms with Crippen LogP contribution in [0.4, 0.5) is 4.79 Å². The number of hydrogen-bond donors (Lipinski definition) is 1. The number of pyridine rings is 1. The van der Waals surface area contributed by atoms with Crippen molar-refractivity contribution in [2.45, 2.75) is 24.5 Å². The summed E-state index contributed by atoms with van der Waals surface area (Å²) in [6.45, 7) is 1.36. The van der Waals surface area contributed by atoms with Crippen LogP contribution in [0.1, 0.15) is 40.4 Å². The van der Waals surface area contributed by atoms with Crippen molar-refractivity contribution in [1.82, 2.24) is 30.1 Å². The predicted octanol–water partition coefficient (Wildman–Crippen LogP) is 2.67. The highest BCUT2D eigenvalue weighted by Crippen LogP contribution is 2.38. The molecular weight excluding hydrogens is 432 g/mol. The van der Waals surface area contributed by atoms with E-state index in [1.807, 2.05) is 36.4 Å². The Balaban J connectivity index is 1.44.